The summed E-state index contributed by atoms with van der Waals surface area (Å²) in [6.07, 6.45) is 2.96. The Bertz CT molecular complexity index is 837. The Morgan fingerprint density at radius 1 is 0.720 bits per heavy atom. The fraction of sp³-hybridized carbons (Fsp3) is 0.217. The first kappa shape index (κ1) is 17.4. The van der Waals surface area contributed by atoms with Crippen molar-refractivity contribution in [2.45, 2.75) is 26.2 Å². The molecule has 0 aliphatic rings. The number of hydrogen-bond acceptors (Lipinski definition) is 1. The van der Waals surface area contributed by atoms with E-state index < -0.39 is 0 Å². The van der Waals surface area contributed by atoms with Gasteiger partial charge < -0.3 is 5.73 Å². The molecule has 2 heteroatoms. The maximum atomic E-state index is 13.1. The van der Waals surface area contributed by atoms with Gasteiger partial charge in [0.05, 0.1) is 0 Å². The Kier molecular flexibility index (Phi) is 5.62. The van der Waals surface area contributed by atoms with E-state index in [-0.39, 0.29) is 5.82 Å². The minimum atomic E-state index is -0.201. The highest BCUT2D eigenvalue weighted by Crippen LogP contribution is 2.24. The minimum Gasteiger partial charge on any atom is -0.330 e. The smallest absolute Gasteiger partial charge is 0.123 e. The van der Waals surface area contributed by atoms with Crippen molar-refractivity contribution in [3.05, 3.63) is 94.8 Å². The first-order valence-corrected chi connectivity index (χ1v) is 8.79. The van der Waals surface area contributed by atoms with Crippen LogP contribution in [0.1, 0.15) is 22.3 Å². The summed E-state index contributed by atoms with van der Waals surface area (Å²) in [5, 5.41) is 0. The zero-order valence-electron chi connectivity index (χ0n) is 14.6. The van der Waals surface area contributed by atoms with E-state index in [0.717, 1.165) is 30.4 Å². The van der Waals surface area contributed by atoms with Gasteiger partial charge in [-0.3, -0.25) is 0 Å². The molecule has 3 aromatic carbocycles. The van der Waals surface area contributed by atoms with Crippen LogP contribution >= 0.6 is 0 Å². The second kappa shape index (κ2) is 8.09. The van der Waals surface area contributed by atoms with Crippen molar-refractivity contribution < 1.29 is 4.39 Å². The first-order valence-electron chi connectivity index (χ1n) is 8.79. The van der Waals surface area contributed by atoms with Gasteiger partial charge in [-0.25, -0.2) is 4.39 Å². The summed E-state index contributed by atoms with van der Waals surface area (Å²) >= 11 is 0. The van der Waals surface area contributed by atoms with Crippen LogP contribution in [-0.2, 0) is 19.3 Å². The first-order chi connectivity index (χ1) is 12.2. The van der Waals surface area contributed by atoms with E-state index >= 15 is 0 Å². The maximum absolute atomic E-state index is 13.1. The molecule has 2 N–H and O–H groups in total. The molecule has 0 spiro atoms. The molecule has 0 unspecified atom stereocenters. The third kappa shape index (κ3) is 4.34. The van der Waals surface area contributed by atoms with Gasteiger partial charge >= 0.3 is 0 Å². The number of nitrogens with two attached hydrogens (primary N) is 1. The van der Waals surface area contributed by atoms with E-state index in [0.29, 0.717) is 6.54 Å². The van der Waals surface area contributed by atoms with Gasteiger partial charge in [0.15, 0.2) is 0 Å². The van der Waals surface area contributed by atoms with Gasteiger partial charge in [-0.1, -0.05) is 54.6 Å². The molecule has 0 saturated carbocycles. The Labute approximate surface area is 149 Å². The summed E-state index contributed by atoms with van der Waals surface area (Å²) in [4.78, 5) is 0. The molecule has 1 nitrogen and oxygen atoms in total. The van der Waals surface area contributed by atoms with Crippen molar-refractivity contribution in [2.24, 2.45) is 5.73 Å². The van der Waals surface area contributed by atoms with Gasteiger partial charge in [0.2, 0.25) is 0 Å². The summed E-state index contributed by atoms with van der Waals surface area (Å²) in [6.45, 7) is 2.83. The zero-order valence-corrected chi connectivity index (χ0v) is 14.6. The standard InChI is InChI=1S/C23H24FN/c1-17-16-22(21-10-12-23(24)13-11-21)9-7-18(17)6-8-19-4-2-3-5-20(19)14-15-25/h2-5,7,9-13,16H,6,8,14-15,25H2,1H3. The molecule has 0 saturated heterocycles. The minimum absolute atomic E-state index is 0.201. The van der Waals surface area contributed by atoms with Crippen molar-refractivity contribution in [3.63, 3.8) is 0 Å². The average Bonchev–Trinajstić information content (AvgIpc) is 2.63. The normalized spacial score (nSPS) is 10.8. The summed E-state index contributed by atoms with van der Waals surface area (Å²) in [7, 11) is 0. The molecule has 0 aliphatic carbocycles. The molecule has 0 radical (unpaired) electrons. The van der Waals surface area contributed by atoms with Crippen LogP contribution in [0.25, 0.3) is 11.1 Å². The van der Waals surface area contributed by atoms with E-state index in [9.17, 15) is 4.39 Å². The molecule has 0 aliphatic heterocycles. The van der Waals surface area contributed by atoms with E-state index in [1.54, 1.807) is 0 Å². The molecule has 3 aromatic rings. The second-order valence-corrected chi connectivity index (χ2v) is 6.46. The molecule has 3 rings (SSSR count). The lowest BCUT2D eigenvalue weighted by molar-refractivity contribution is 0.628. The average molecular weight is 333 g/mol. The fourth-order valence-corrected chi connectivity index (χ4v) is 3.27. The summed E-state index contributed by atoms with van der Waals surface area (Å²) in [5.41, 5.74) is 13.3. The SMILES string of the molecule is Cc1cc(-c2ccc(F)cc2)ccc1CCc1ccccc1CCN. The lowest BCUT2D eigenvalue weighted by atomic mass is 9.94. The summed E-state index contributed by atoms with van der Waals surface area (Å²) in [5.74, 6) is -0.201. The van der Waals surface area contributed by atoms with Gasteiger partial charge in [-0.2, -0.15) is 0 Å². The van der Waals surface area contributed by atoms with E-state index in [4.69, 9.17) is 5.73 Å². The van der Waals surface area contributed by atoms with E-state index in [2.05, 4.69) is 49.4 Å². The van der Waals surface area contributed by atoms with Crippen LogP contribution in [0.15, 0.2) is 66.7 Å². The van der Waals surface area contributed by atoms with Crippen molar-refractivity contribution in [1.29, 1.82) is 0 Å². The molecular formula is C23H24FN. The third-order valence-electron chi connectivity index (χ3n) is 4.72. The highest BCUT2D eigenvalue weighted by Gasteiger charge is 2.06. The monoisotopic (exact) mass is 333 g/mol. The fourth-order valence-electron chi connectivity index (χ4n) is 3.27. The molecule has 25 heavy (non-hydrogen) atoms. The molecule has 0 amide bonds. The molecule has 0 atom stereocenters. The largest absolute Gasteiger partial charge is 0.330 e. The van der Waals surface area contributed by atoms with Crippen LogP contribution in [0.3, 0.4) is 0 Å². The van der Waals surface area contributed by atoms with E-state index in [1.165, 1.54) is 34.4 Å². The van der Waals surface area contributed by atoms with E-state index in [1.807, 2.05) is 12.1 Å². The molecular weight excluding hydrogens is 309 g/mol. The van der Waals surface area contributed by atoms with Gasteiger partial charge in [0.1, 0.15) is 5.82 Å². The summed E-state index contributed by atoms with van der Waals surface area (Å²) in [6, 6.07) is 21.7. The van der Waals surface area contributed by atoms with Crippen molar-refractivity contribution >= 4 is 0 Å². The van der Waals surface area contributed by atoms with Crippen LogP contribution in [0.5, 0.6) is 0 Å². The van der Waals surface area contributed by atoms with Crippen molar-refractivity contribution in [3.8, 4) is 11.1 Å². The zero-order chi connectivity index (χ0) is 17.6. The van der Waals surface area contributed by atoms with Gasteiger partial charge in [-0.15, -0.1) is 0 Å². The summed E-state index contributed by atoms with van der Waals surface area (Å²) < 4.78 is 13.1. The maximum Gasteiger partial charge on any atom is 0.123 e. The quantitative estimate of drug-likeness (QED) is 0.668. The predicted molar refractivity (Wildman–Crippen MR) is 103 cm³/mol. The topological polar surface area (TPSA) is 26.0 Å². The number of halogens is 1. The van der Waals surface area contributed by atoms with Crippen molar-refractivity contribution in [1.82, 2.24) is 0 Å². The highest BCUT2D eigenvalue weighted by molar-refractivity contribution is 5.64. The molecule has 128 valence electrons. The third-order valence-corrected chi connectivity index (χ3v) is 4.72. The van der Waals surface area contributed by atoms with Gasteiger partial charge in [-0.05, 0) is 78.2 Å². The Morgan fingerprint density at radius 2 is 1.32 bits per heavy atom. The molecule has 0 fully saturated rings. The predicted octanol–water partition coefficient (Wildman–Crippen LogP) is 5.09. The molecule has 0 heterocycles. The van der Waals surface area contributed by atoms with Crippen LogP contribution in [0.4, 0.5) is 4.39 Å². The lowest BCUT2D eigenvalue weighted by Crippen LogP contribution is -2.06. The Balaban J connectivity index is 1.75. The van der Waals surface area contributed by atoms with Crippen LogP contribution in [-0.4, -0.2) is 6.54 Å². The number of hydrogen-bond donors (Lipinski definition) is 1. The van der Waals surface area contributed by atoms with Crippen LogP contribution < -0.4 is 5.73 Å². The number of rotatable bonds is 6. The van der Waals surface area contributed by atoms with Crippen molar-refractivity contribution in [2.75, 3.05) is 6.54 Å². The number of benzene rings is 3. The van der Waals surface area contributed by atoms with Gasteiger partial charge in [0.25, 0.3) is 0 Å². The lowest BCUT2D eigenvalue weighted by Gasteiger charge is -2.11. The molecule has 0 aromatic heterocycles. The second-order valence-electron chi connectivity index (χ2n) is 6.46. The van der Waals surface area contributed by atoms with Gasteiger partial charge in [0, 0.05) is 0 Å². The highest BCUT2D eigenvalue weighted by atomic mass is 19.1. The van der Waals surface area contributed by atoms with Crippen LogP contribution in [0.2, 0.25) is 0 Å². The molecule has 0 bridgehead atoms. The van der Waals surface area contributed by atoms with Crippen LogP contribution in [0, 0.1) is 12.7 Å². The number of aryl methyl sites for hydroxylation is 3. The Hall–Kier alpha value is -2.45. The Morgan fingerprint density at radius 3 is 1.96 bits per heavy atom.